The first-order valence-corrected chi connectivity index (χ1v) is 8.80. The van der Waals surface area contributed by atoms with Crippen LogP contribution in [0.4, 0.5) is 5.13 Å². The average molecular weight is 313 g/mol. The van der Waals surface area contributed by atoms with E-state index in [1.54, 1.807) is 6.20 Å². The molecule has 0 fully saturated rings. The minimum Gasteiger partial charge on any atom is -0.375 e. The highest BCUT2D eigenvalue weighted by Crippen LogP contribution is 2.25. The Hall–Kier alpha value is -1.51. The molecule has 0 aliphatic carbocycles. The highest BCUT2D eigenvalue weighted by molar-refractivity contribution is 7.90. The first kappa shape index (κ1) is 14.9. The predicted octanol–water partition coefficient (Wildman–Crippen LogP) is 1.35. The molecule has 0 amide bonds. The Balaban J connectivity index is 2.05. The smallest absolute Gasteiger partial charge is 0.180 e. The Morgan fingerprint density at radius 3 is 2.90 bits per heavy atom. The fraction of sp³-hybridized carbons (Fsp3) is 0.333. The topological polar surface area (TPSA) is 95.2 Å². The molecule has 0 radical (unpaired) electrons. The summed E-state index contributed by atoms with van der Waals surface area (Å²) in [5.41, 5.74) is 7.94. The number of thiazole rings is 1. The summed E-state index contributed by atoms with van der Waals surface area (Å²) >= 11 is 1.36. The van der Waals surface area contributed by atoms with Gasteiger partial charge in [-0.2, -0.15) is 0 Å². The van der Waals surface area contributed by atoms with Crippen LogP contribution in [0.25, 0.3) is 11.3 Å². The van der Waals surface area contributed by atoms with Gasteiger partial charge in [-0.3, -0.25) is 4.98 Å². The molecule has 6 nitrogen and oxygen atoms in total. The Labute approximate surface area is 121 Å². The number of rotatable bonds is 6. The van der Waals surface area contributed by atoms with Crippen molar-refractivity contribution in [2.75, 3.05) is 24.3 Å². The Morgan fingerprint density at radius 1 is 1.45 bits per heavy atom. The van der Waals surface area contributed by atoms with Crippen molar-refractivity contribution in [3.05, 3.63) is 29.4 Å². The number of ether oxygens (including phenoxy) is 1. The molecule has 0 aromatic carbocycles. The van der Waals surface area contributed by atoms with Crippen LogP contribution in [-0.4, -0.2) is 37.0 Å². The second-order valence-electron chi connectivity index (χ2n) is 4.25. The van der Waals surface area contributed by atoms with Gasteiger partial charge in [-0.05, 0) is 12.1 Å². The summed E-state index contributed by atoms with van der Waals surface area (Å²) in [6.07, 6.45) is 2.84. The van der Waals surface area contributed by atoms with Gasteiger partial charge in [0.05, 0.1) is 30.4 Å². The van der Waals surface area contributed by atoms with E-state index in [2.05, 4.69) is 9.97 Å². The summed E-state index contributed by atoms with van der Waals surface area (Å²) < 4.78 is 27.4. The van der Waals surface area contributed by atoms with Gasteiger partial charge in [0.1, 0.15) is 9.84 Å². The number of anilines is 1. The second kappa shape index (κ2) is 6.29. The Kier molecular flexibility index (Phi) is 4.69. The average Bonchev–Trinajstić information content (AvgIpc) is 2.81. The third kappa shape index (κ3) is 4.26. The van der Waals surface area contributed by atoms with Crippen molar-refractivity contribution in [3.63, 3.8) is 0 Å². The molecule has 8 heteroatoms. The molecule has 2 heterocycles. The van der Waals surface area contributed by atoms with Crippen LogP contribution < -0.4 is 5.73 Å². The molecule has 0 bridgehead atoms. The van der Waals surface area contributed by atoms with Crippen LogP contribution in [0.2, 0.25) is 0 Å². The van der Waals surface area contributed by atoms with Gasteiger partial charge in [0.25, 0.3) is 0 Å². The van der Waals surface area contributed by atoms with Gasteiger partial charge in [-0.15, -0.1) is 11.3 Å². The zero-order valence-corrected chi connectivity index (χ0v) is 12.6. The zero-order valence-electron chi connectivity index (χ0n) is 10.9. The first-order chi connectivity index (χ1) is 9.46. The predicted molar refractivity (Wildman–Crippen MR) is 79.1 cm³/mol. The summed E-state index contributed by atoms with van der Waals surface area (Å²) in [6, 6.07) is 3.70. The number of hydrogen-bond acceptors (Lipinski definition) is 7. The quantitative estimate of drug-likeness (QED) is 0.809. The summed E-state index contributed by atoms with van der Waals surface area (Å²) in [5, 5.41) is 2.35. The van der Waals surface area contributed by atoms with E-state index in [0.29, 0.717) is 10.8 Å². The van der Waals surface area contributed by atoms with Gasteiger partial charge in [-0.25, -0.2) is 13.4 Å². The highest BCUT2D eigenvalue weighted by Gasteiger charge is 2.10. The molecule has 2 rings (SSSR count). The Morgan fingerprint density at radius 2 is 2.25 bits per heavy atom. The lowest BCUT2D eigenvalue weighted by Crippen LogP contribution is -2.10. The highest BCUT2D eigenvalue weighted by atomic mass is 32.2. The monoisotopic (exact) mass is 313 g/mol. The molecule has 20 heavy (non-hydrogen) atoms. The van der Waals surface area contributed by atoms with Gasteiger partial charge < -0.3 is 10.5 Å². The van der Waals surface area contributed by atoms with Crippen molar-refractivity contribution in [1.82, 2.24) is 9.97 Å². The maximum atomic E-state index is 11.0. The van der Waals surface area contributed by atoms with Crippen LogP contribution in [-0.2, 0) is 21.2 Å². The zero-order chi connectivity index (χ0) is 14.6. The van der Waals surface area contributed by atoms with E-state index in [4.69, 9.17) is 10.5 Å². The van der Waals surface area contributed by atoms with E-state index < -0.39 is 9.84 Å². The number of aromatic nitrogens is 2. The lowest BCUT2D eigenvalue weighted by Gasteiger charge is -2.07. The van der Waals surface area contributed by atoms with Crippen LogP contribution in [0, 0.1) is 0 Å². The molecule has 0 unspecified atom stereocenters. The third-order valence-electron chi connectivity index (χ3n) is 2.53. The van der Waals surface area contributed by atoms with Crippen LogP contribution >= 0.6 is 11.3 Å². The fourth-order valence-corrected chi connectivity index (χ4v) is 2.56. The van der Waals surface area contributed by atoms with Gasteiger partial charge in [0, 0.05) is 23.4 Å². The minimum absolute atomic E-state index is 0.00117. The van der Waals surface area contributed by atoms with Gasteiger partial charge in [0.15, 0.2) is 5.13 Å². The molecule has 2 aromatic heterocycles. The number of nitrogen functional groups attached to an aromatic ring is 1. The van der Waals surface area contributed by atoms with Crippen molar-refractivity contribution in [1.29, 1.82) is 0 Å². The van der Waals surface area contributed by atoms with Gasteiger partial charge in [0.2, 0.25) is 0 Å². The number of nitrogens with zero attached hydrogens (tertiary/aromatic N) is 2. The van der Waals surface area contributed by atoms with E-state index in [9.17, 15) is 8.42 Å². The summed E-state index contributed by atoms with van der Waals surface area (Å²) in [4.78, 5) is 8.46. The van der Waals surface area contributed by atoms with Crippen molar-refractivity contribution in [2.45, 2.75) is 6.61 Å². The normalized spacial score (nSPS) is 11.7. The molecule has 0 spiro atoms. The van der Waals surface area contributed by atoms with Crippen molar-refractivity contribution < 1.29 is 13.2 Å². The molecular weight excluding hydrogens is 298 g/mol. The van der Waals surface area contributed by atoms with E-state index in [1.165, 1.54) is 17.6 Å². The van der Waals surface area contributed by atoms with Crippen molar-refractivity contribution in [3.8, 4) is 11.3 Å². The Bertz CT molecular complexity index is 683. The maximum Gasteiger partial charge on any atom is 0.180 e. The molecule has 108 valence electrons. The molecule has 0 atom stereocenters. The number of sulfone groups is 1. The standard InChI is InChI=1S/C12H15N3O3S2/c1-20(16,17)6-5-18-7-10-9(3-2-4-14-10)11-8-19-12(13)15-11/h2-4,8H,5-7H2,1H3,(H2,13,15). The minimum atomic E-state index is -3.01. The third-order valence-corrected chi connectivity index (χ3v) is 4.11. The van der Waals surface area contributed by atoms with Crippen LogP contribution in [0.5, 0.6) is 0 Å². The summed E-state index contributed by atoms with van der Waals surface area (Å²) in [5.74, 6) is -0.00117. The van der Waals surface area contributed by atoms with Crippen LogP contribution in [0.15, 0.2) is 23.7 Å². The largest absolute Gasteiger partial charge is 0.375 e. The molecule has 2 aromatic rings. The van der Waals surface area contributed by atoms with Crippen LogP contribution in [0.1, 0.15) is 5.69 Å². The molecule has 0 aliphatic heterocycles. The van der Waals surface area contributed by atoms with Gasteiger partial charge >= 0.3 is 0 Å². The molecular formula is C12H15N3O3S2. The van der Waals surface area contributed by atoms with Crippen LogP contribution in [0.3, 0.4) is 0 Å². The van der Waals surface area contributed by atoms with Crippen molar-refractivity contribution in [2.24, 2.45) is 0 Å². The van der Waals surface area contributed by atoms with E-state index in [1.807, 2.05) is 17.5 Å². The van der Waals surface area contributed by atoms with Gasteiger partial charge in [-0.1, -0.05) is 0 Å². The maximum absolute atomic E-state index is 11.0. The number of pyridine rings is 1. The SMILES string of the molecule is CS(=O)(=O)CCOCc1ncccc1-c1csc(N)n1. The molecule has 2 N–H and O–H groups in total. The van der Waals surface area contributed by atoms with E-state index in [-0.39, 0.29) is 19.0 Å². The fourth-order valence-electron chi connectivity index (χ4n) is 1.58. The number of nitrogens with two attached hydrogens (primary N) is 1. The number of hydrogen-bond donors (Lipinski definition) is 1. The second-order valence-corrected chi connectivity index (χ2v) is 7.40. The molecule has 0 saturated heterocycles. The summed E-state index contributed by atoms with van der Waals surface area (Å²) in [7, 11) is -3.01. The lowest BCUT2D eigenvalue weighted by molar-refractivity contribution is 0.133. The first-order valence-electron chi connectivity index (χ1n) is 5.86. The molecule has 0 aliphatic rings. The van der Waals surface area contributed by atoms with E-state index >= 15 is 0 Å². The lowest BCUT2D eigenvalue weighted by atomic mass is 10.1. The van der Waals surface area contributed by atoms with Crippen molar-refractivity contribution >= 4 is 26.3 Å². The molecule has 0 saturated carbocycles. The van der Waals surface area contributed by atoms with E-state index in [0.717, 1.165) is 11.3 Å². The summed E-state index contributed by atoms with van der Waals surface area (Å²) in [6.45, 7) is 0.386.